The van der Waals surface area contributed by atoms with Crippen LogP contribution in [0.4, 0.5) is 0 Å². The Morgan fingerprint density at radius 1 is 1.26 bits per heavy atom. The summed E-state index contributed by atoms with van der Waals surface area (Å²) in [5.41, 5.74) is 5.07. The predicted octanol–water partition coefficient (Wildman–Crippen LogP) is 2.11. The third-order valence-corrected chi connectivity index (χ3v) is 4.24. The van der Waals surface area contributed by atoms with Gasteiger partial charge in [-0.1, -0.05) is 25.0 Å². The smallest absolute Gasteiger partial charge is 0.244 e. The first-order valence-corrected chi connectivity index (χ1v) is 6.72. The number of nitrogens with two attached hydrogens (primary N) is 1. The lowest BCUT2D eigenvalue weighted by Crippen LogP contribution is -2.45. The summed E-state index contributed by atoms with van der Waals surface area (Å²) in [5.74, 6) is 6.20. The molecule has 0 spiro atoms. The van der Waals surface area contributed by atoms with Crippen molar-refractivity contribution in [3.63, 3.8) is 0 Å². The first-order chi connectivity index (χ1) is 9.05. The van der Waals surface area contributed by atoms with E-state index in [1.807, 2.05) is 13.8 Å². The molecule has 1 aromatic carbocycles. The van der Waals surface area contributed by atoms with Crippen LogP contribution in [0.2, 0.25) is 0 Å². The van der Waals surface area contributed by atoms with E-state index in [0.29, 0.717) is 0 Å². The van der Waals surface area contributed by atoms with Crippen LogP contribution < -0.4 is 16.0 Å². The Balaban J connectivity index is 2.52. The number of carbonyl (C=O) groups is 1. The number of methoxy groups -OCH3 is 1. The summed E-state index contributed by atoms with van der Waals surface area (Å²) in [6, 6.07) is 4.12. The molecule has 0 saturated heterocycles. The van der Waals surface area contributed by atoms with Gasteiger partial charge in [-0.2, -0.15) is 0 Å². The second-order valence-electron chi connectivity index (χ2n) is 5.41. The van der Waals surface area contributed by atoms with E-state index >= 15 is 0 Å². The normalized spacial score (nSPS) is 17.3. The molecule has 1 amide bonds. The number of ether oxygens (including phenoxy) is 1. The number of carbonyl (C=O) groups excluding carboxylic acids is 1. The molecule has 0 unspecified atom stereocenters. The molecule has 4 heteroatoms. The number of hydrogen-bond donors (Lipinski definition) is 2. The molecule has 4 nitrogen and oxygen atoms in total. The zero-order valence-electron chi connectivity index (χ0n) is 11.9. The first kappa shape index (κ1) is 13.9. The number of hydrazine groups is 1. The van der Waals surface area contributed by atoms with Crippen LogP contribution in [0.5, 0.6) is 5.75 Å². The number of nitrogens with one attached hydrogen (secondary N) is 1. The van der Waals surface area contributed by atoms with Crippen molar-refractivity contribution in [2.45, 2.75) is 44.9 Å². The third-order valence-electron chi connectivity index (χ3n) is 4.24. The highest BCUT2D eigenvalue weighted by atomic mass is 16.5. The van der Waals surface area contributed by atoms with Crippen molar-refractivity contribution in [3.8, 4) is 5.75 Å². The molecule has 0 bridgehead atoms. The van der Waals surface area contributed by atoms with Gasteiger partial charge in [0.15, 0.2) is 0 Å². The minimum absolute atomic E-state index is 0.0750. The van der Waals surface area contributed by atoms with E-state index in [-0.39, 0.29) is 5.91 Å². The van der Waals surface area contributed by atoms with Gasteiger partial charge in [-0.25, -0.2) is 5.84 Å². The van der Waals surface area contributed by atoms with Gasteiger partial charge in [0.25, 0.3) is 0 Å². The third kappa shape index (κ3) is 2.21. The van der Waals surface area contributed by atoms with Crippen molar-refractivity contribution >= 4 is 5.91 Å². The standard InChI is InChI=1S/C15H22N2O2/c1-10-8-12(9-11(2)13(10)19-3)15(14(18)17-16)6-4-5-7-15/h8-9H,4-7,16H2,1-3H3,(H,17,18). The average Bonchev–Trinajstić information content (AvgIpc) is 2.88. The molecule has 19 heavy (non-hydrogen) atoms. The molecular formula is C15H22N2O2. The van der Waals surface area contributed by atoms with Crippen LogP contribution in [-0.2, 0) is 10.2 Å². The molecule has 2 rings (SSSR count). The predicted molar refractivity (Wildman–Crippen MR) is 74.9 cm³/mol. The number of amides is 1. The Morgan fingerprint density at radius 3 is 2.21 bits per heavy atom. The summed E-state index contributed by atoms with van der Waals surface area (Å²) in [6.45, 7) is 4.02. The van der Waals surface area contributed by atoms with Crippen molar-refractivity contribution < 1.29 is 9.53 Å². The van der Waals surface area contributed by atoms with Crippen LogP contribution in [0, 0.1) is 13.8 Å². The summed E-state index contributed by atoms with van der Waals surface area (Å²) in [4.78, 5) is 12.2. The van der Waals surface area contributed by atoms with Gasteiger partial charge in [0.1, 0.15) is 5.75 Å². The number of benzene rings is 1. The lowest BCUT2D eigenvalue weighted by atomic mass is 9.77. The summed E-state index contributed by atoms with van der Waals surface area (Å²) >= 11 is 0. The van der Waals surface area contributed by atoms with Crippen molar-refractivity contribution in [1.82, 2.24) is 5.43 Å². The molecule has 0 aromatic heterocycles. The molecule has 1 fully saturated rings. The molecule has 0 radical (unpaired) electrons. The van der Waals surface area contributed by atoms with Gasteiger partial charge in [0.2, 0.25) is 5.91 Å². The van der Waals surface area contributed by atoms with E-state index in [2.05, 4.69) is 17.6 Å². The molecular weight excluding hydrogens is 240 g/mol. The van der Waals surface area contributed by atoms with Crippen LogP contribution in [0.25, 0.3) is 0 Å². The number of hydrogen-bond acceptors (Lipinski definition) is 3. The lowest BCUT2D eigenvalue weighted by Gasteiger charge is -2.28. The van der Waals surface area contributed by atoms with Crippen molar-refractivity contribution in [1.29, 1.82) is 0 Å². The summed E-state index contributed by atoms with van der Waals surface area (Å²) < 4.78 is 5.39. The molecule has 1 aliphatic rings. The van der Waals surface area contributed by atoms with Gasteiger partial charge in [0, 0.05) is 0 Å². The molecule has 1 aromatic rings. The highest BCUT2D eigenvalue weighted by Gasteiger charge is 2.42. The Morgan fingerprint density at radius 2 is 1.79 bits per heavy atom. The Bertz CT molecular complexity index is 468. The first-order valence-electron chi connectivity index (χ1n) is 6.72. The van der Waals surface area contributed by atoms with Gasteiger partial charge in [-0.3, -0.25) is 10.2 Å². The van der Waals surface area contributed by atoms with Crippen molar-refractivity contribution in [2.75, 3.05) is 7.11 Å². The molecule has 3 N–H and O–H groups in total. The largest absolute Gasteiger partial charge is 0.496 e. The summed E-state index contributed by atoms with van der Waals surface area (Å²) in [7, 11) is 1.67. The number of aryl methyl sites for hydroxylation is 2. The van der Waals surface area contributed by atoms with Crippen LogP contribution in [0.3, 0.4) is 0 Å². The zero-order valence-corrected chi connectivity index (χ0v) is 11.9. The maximum atomic E-state index is 12.2. The molecule has 0 aliphatic heterocycles. The van der Waals surface area contributed by atoms with E-state index in [9.17, 15) is 4.79 Å². The maximum Gasteiger partial charge on any atom is 0.244 e. The van der Waals surface area contributed by atoms with Gasteiger partial charge in [-0.15, -0.1) is 0 Å². The second kappa shape index (κ2) is 5.21. The Labute approximate surface area is 114 Å². The topological polar surface area (TPSA) is 64.3 Å². The Kier molecular flexibility index (Phi) is 3.80. The lowest BCUT2D eigenvalue weighted by molar-refractivity contribution is -0.126. The Hall–Kier alpha value is -1.55. The van der Waals surface area contributed by atoms with E-state index in [1.54, 1.807) is 7.11 Å². The van der Waals surface area contributed by atoms with E-state index in [0.717, 1.165) is 48.1 Å². The highest BCUT2D eigenvalue weighted by molar-refractivity contribution is 5.88. The van der Waals surface area contributed by atoms with Gasteiger partial charge >= 0.3 is 0 Å². The van der Waals surface area contributed by atoms with Gasteiger partial charge < -0.3 is 4.74 Å². The fraction of sp³-hybridized carbons (Fsp3) is 0.533. The molecule has 0 heterocycles. The molecule has 1 saturated carbocycles. The minimum Gasteiger partial charge on any atom is -0.496 e. The summed E-state index contributed by atoms with van der Waals surface area (Å²) in [6.07, 6.45) is 3.86. The van der Waals surface area contributed by atoms with Crippen molar-refractivity contribution in [3.05, 3.63) is 28.8 Å². The molecule has 1 aliphatic carbocycles. The fourth-order valence-corrected chi connectivity index (χ4v) is 3.31. The molecule has 104 valence electrons. The SMILES string of the molecule is COc1c(C)cc(C2(C(=O)NN)CCCC2)cc1C. The van der Waals surface area contributed by atoms with E-state index < -0.39 is 5.41 Å². The second-order valence-corrected chi connectivity index (χ2v) is 5.41. The van der Waals surface area contributed by atoms with Crippen LogP contribution >= 0.6 is 0 Å². The average molecular weight is 262 g/mol. The molecule has 0 atom stereocenters. The summed E-state index contributed by atoms with van der Waals surface area (Å²) in [5, 5.41) is 0. The van der Waals surface area contributed by atoms with Crippen LogP contribution in [0.15, 0.2) is 12.1 Å². The zero-order chi connectivity index (χ0) is 14.0. The van der Waals surface area contributed by atoms with Crippen LogP contribution in [0.1, 0.15) is 42.4 Å². The van der Waals surface area contributed by atoms with Gasteiger partial charge in [0.05, 0.1) is 12.5 Å². The fourth-order valence-electron chi connectivity index (χ4n) is 3.31. The maximum absolute atomic E-state index is 12.2. The van der Waals surface area contributed by atoms with Gasteiger partial charge in [-0.05, 0) is 43.4 Å². The van der Waals surface area contributed by atoms with Crippen molar-refractivity contribution in [2.24, 2.45) is 5.84 Å². The highest BCUT2D eigenvalue weighted by Crippen LogP contribution is 2.43. The quantitative estimate of drug-likeness (QED) is 0.498. The minimum atomic E-state index is -0.462. The van der Waals surface area contributed by atoms with E-state index in [4.69, 9.17) is 10.6 Å². The monoisotopic (exact) mass is 262 g/mol. The van der Waals surface area contributed by atoms with Crippen LogP contribution in [-0.4, -0.2) is 13.0 Å². The van der Waals surface area contributed by atoms with E-state index in [1.165, 1.54) is 0 Å². The number of rotatable bonds is 3.